The second kappa shape index (κ2) is 5.72. The van der Waals surface area contributed by atoms with Gasteiger partial charge in [0.15, 0.2) is 0 Å². The van der Waals surface area contributed by atoms with Crippen molar-refractivity contribution >= 4 is 16.9 Å². The standard InChI is InChI=1S/C17H12N4O4/c1-19(2)16(9-18)17-14-7-10(20(22)23)3-5-12(14)13-6-4-11(21(24)25)8-15(13)17/h3-8H,1-2H3. The largest absolute Gasteiger partial charge is 0.369 e. The summed E-state index contributed by atoms with van der Waals surface area (Å²) in [7, 11) is 3.36. The van der Waals surface area contributed by atoms with Gasteiger partial charge in [-0.1, -0.05) is 0 Å². The molecule has 0 heterocycles. The smallest absolute Gasteiger partial charge is 0.270 e. The summed E-state index contributed by atoms with van der Waals surface area (Å²) in [5, 5.41) is 31.8. The van der Waals surface area contributed by atoms with Gasteiger partial charge >= 0.3 is 0 Å². The molecule has 1 aliphatic rings. The Morgan fingerprint density at radius 3 is 1.68 bits per heavy atom. The molecule has 2 aromatic rings. The summed E-state index contributed by atoms with van der Waals surface area (Å²) < 4.78 is 0. The van der Waals surface area contributed by atoms with Crippen molar-refractivity contribution in [3.63, 3.8) is 0 Å². The highest BCUT2D eigenvalue weighted by Crippen LogP contribution is 2.48. The molecule has 0 saturated carbocycles. The Labute approximate surface area is 142 Å². The van der Waals surface area contributed by atoms with Crippen molar-refractivity contribution in [2.24, 2.45) is 0 Å². The van der Waals surface area contributed by atoms with Crippen LogP contribution in [0.15, 0.2) is 42.1 Å². The summed E-state index contributed by atoms with van der Waals surface area (Å²) in [5.74, 6) is 0. The van der Waals surface area contributed by atoms with E-state index in [1.165, 1.54) is 24.3 Å². The van der Waals surface area contributed by atoms with Crippen LogP contribution in [0, 0.1) is 31.6 Å². The zero-order valence-electron chi connectivity index (χ0n) is 13.4. The lowest BCUT2D eigenvalue weighted by Crippen LogP contribution is -2.12. The minimum Gasteiger partial charge on any atom is -0.369 e. The van der Waals surface area contributed by atoms with Crippen molar-refractivity contribution < 1.29 is 9.85 Å². The number of benzene rings is 2. The number of nitro benzene ring substituents is 2. The zero-order valence-corrected chi connectivity index (χ0v) is 13.4. The van der Waals surface area contributed by atoms with Gasteiger partial charge in [-0.05, 0) is 34.4 Å². The van der Waals surface area contributed by atoms with E-state index in [0.717, 1.165) is 0 Å². The second-order valence-electron chi connectivity index (χ2n) is 5.70. The fraction of sp³-hybridized carbons (Fsp3) is 0.118. The van der Waals surface area contributed by atoms with Crippen LogP contribution >= 0.6 is 0 Å². The summed E-state index contributed by atoms with van der Waals surface area (Å²) in [4.78, 5) is 22.8. The maximum Gasteiger partial charge on any atom is 0.270 e. The predicted molar refractivity (Wildman–Crippen MR) is 90.5 cm³/mol. The molecule has 124 valence electrons. The van der Waals surface area contributed by atoms with Crippen molar-refractivity contribution in [2.45, 2.75) is 0 Å². The van der Waals surface area contributed by atoms with Crippen molar-refractivity contribution in [3.8, 4) is 17.2 Å². The van der Waals surface area contributed by atoms with Crippen LogP contribution in [0.1, 0.15) is 11.1 Å². The number of rotatable bonds is 3. The lowest BCUT2D eigenvalue weighted by atomic mass is 10.0. The van der Waals surface area contributed by atoms with Crippen LogP contribution in [0.25, 0.3) is 16.7 Å². The maximum absolute atomic E-state index is 11.1. The molecule has 8 heteroatoms. The molecule has 0 bridgehead atoms. The molecule has 0 spiro atoms. The molecule has 0 saturated heterocycles. The Kier molecular flexibility index (Phi) is 3.69. The summed E-state index contributed by atoms with van der Waals surface area (Å²) in [5.41, 5.74) is 3.00. The average Bonchev–Trinajstić information content (AvgIpc) is 2.88. The number of hydrogen-bond donors (Lipinski definition) is 0. The van der Waals surface area contributed by atoms with Gasteiger partial charge in [0.2, 0.25) is 0 Å². The van der Waals surface area contributed by atoms with E-state index in [4.69, 9.17) is 0 Å². The molecule has 0 aromatic heterocycles. The van der Waals surface area contributed by atoms with Crippen LogP contribution in [0.5, 0.6) is 0 Å². The van der Waals surface area contributed by atoms with E-state index in [2.05, 4.69) is 6.07 Å². The van der Waals surface area contributed by atoms with E-state index in [-0.39, 0.29) is 17.1 Å². The highest BCUT2D eigenvalue weighted by molar-refractivity contribution is 6.03. The Hall–Kier alpha value is -3.73. The van der Waals surface area contributed by atoms with Crippen molar-refractivity contribution in [2.75, 3.05) is 14.1 Å². The minimum atomic E-state index is -0.509. The highest BCUT2D eigenvalue weighted by atomic mass is 16.6. The number of nitrogens with zero attached hydrogens (tertiary/aromatic N) is 4. The molecular formula is C17H12N4O4. The van der Waals surface area contributed by atoms with Gasteiger partial charge in [0.1, 0.15) is 11.8 Å². The first kappa shape index (κ1) is 16.1. The van der Waals surface area contributed by atoms with Gasteiger partial charge in [0, 0.05) is 43.9 Å². The van der Waals surface area contributed by atoms with Crippen LogP contribution < -0.4 is 0 Å². The maximum atomic E-state index is 11.1. The molecule has 0 aliphatic heterocycles. The lowest BCUT2D eigenvalue weighted by molar-refractivity contribution is -0.385. The van der Waals surface area contributed by atoms with Crippen LogP contribution in [0.3, 0.4) is 0 Å². The van der Waals surface area contributed by atoms with E-state index in [9.17, 15) is 25.5 Å². The molecule has 0 unspecified atom stereocenters. The molecule has 0 N–H and O–H groups in total. The monoisotopic (exact) mass is 336 g/mol. The molecule has 0 radical (unpaired) electrons. The fourth-order valence-corrected chi connectivity index (χ4v) is 2.95. The molecule has 2 aromatic carbocycles. The third kappa shape index (κ3) is 2.48. The van der Waals surface area contributed by atoms with E-state index < -0.39 is 9.85 Å². The first-order valence-corrected chi connectivity index (χ1v) is 7.25. The lowest BCUT2D eigenvalue weighted by Gasteiger charge is -2.14. The number of fused-ring (bicyclic) bond motifs is 3. The van der Waals surface area contributed by atoms with Crippen molar-refractivity contribution in [1.82, 2.24) is 4.90 Å². The van der Waals surface area contributed by atoms with Gasteiger partial charge in [-0.3, -0.25) is 20.2 Å². The predicted octanol–water partition coefficient (Wildman–Crippen LogP) is 3.33. The van der Waals surface area contributed by atoms with E-state index in [1.807, 2.05) is 0 Å². The Balaban J connectivity index is 2.40. The van der Waals surface area contributed by atoms with Crippen LogP contribution in [0.4, 0.5) is 11.4 Å². The third-order valence-electron chi connectivity index (χ3n) is 4.05. The van der Waals surface area contributed by atoms with Gasteiger partial charge in [-0.15, -0.1) is 0 Å². The average molecular weight is 336 g/mol. The first-order chi connectivity index (χ1) is 11.8. The number of nitro groups is 2. The van der Waals surface area contributed by atoms with E-state index in [1.54, 1.807) is 31.1 Å². The van der Waals surface area contributed by atoms with Gasteiger partial charge in [0.25, 0.3) is 11.4 Å². The summed E-state index contributed by atoms with van der Waals surface area (Å²) in [6, 6.07) is 10.9. The number of non-ortho nitro benzene ring substituents is 2. The summed E-state index contributed by atoms with van der Waals surface area (Å²) >= 11 is 0. The molecular weight excluding hydrogens is 324 g/mol. The topological polar surface area (TPSA) is 113 Å². The first-order valence-electron chi connectivity index (χ1n) is 7.25. The molecule has 3 rings (SSSR count). The Bertz CT molecular complexity index is 937. The molecule has 8 nitrogen and oxygen atoms in total. The molecule has 25 heavy (non-hydrogen) atoms. The number of hydrogen-bond acceptors (Lipinski definition) is 6. The van der Waals surface area contributed by atoms with Crippen LogP contribution in [-0.4, -0.2) is 28.8 Å². The summed E-state index contributed by atoms with van der Waals surface area (Å²) in [6.45, 7) is 0. The molecule has 0 fully saturated rings. The van der Waals surface area contributed by atoms with Crippen LogP contribution in [-0.2, 0) is 0 Å². The van der Waals surface area contributed by atoms with E-state index >= 15 is 0 Å². The Morgan fingerprint density at radius 2 is 1.36 bits per heavy atom. The van der Waals surface area contributed by atoms with Gasteiger partial charge in [-0.2, -0.15) is 5.26 Å². The van der Waals surface area contributed by atoms with Gasteiger partial charge in [-0.25, -0.2) is 0 Å². The van der Waals surface area contributed by atoms with Crippen molar-refractivity contribution in [1.29, 1.82) is 5.26 Å². The van der Waals surface area contributed by atoms with Crippen molar-refractivity contribution in [3.05, 3.63) is 73.5 Å². The van der Waals surface area contributed by atoms with Crippen LogP contribution in [0.2, 0.25) is 0 Å². The normalized spacial score (nSPS) is 11.3. The Morgan fingerprint density at radius 1 is 0.920 bits per heavy atom. The quantitative estimate of drug-likeness (QED) is 0.412. The zero-order chi connectivity index (χ0) is 18.3. The van der Waals surface area contributed by atoms with Gasteiger partial charge < -0.3 is 4.90 Å². The molecule has 0 amide bonds. The number of nitriles is 1. The third-order valence-corrected chi connectivity index (χ3v) is 4.05. The SMILES string of the molecule is CN(C)C(C#N)=C1c2cc([N+](=O)[O-])ccc2-c2ccc([N+](=O)[O-])cc21. The summed E-state index contributed by atoms with van der Waals surface area (Å²) in [6.07, 6.45) is 0. The van der Waals surface area contributed by atoms with E-state index in [0.29, 0.717) is 27.8 Å². The number of allylic oxidation sites excluding steroid dienone is 1. The minimum absolute atomic E-state index is 0.102. The van der Waals surface area contributed by atoms with Gasteiger partial charge in [0.05, 0.1) is 9.85 Å². The fourth-order valence-electron chi connectivity index (χ4n) is 2.95. The second-order valence-corrected chi connectivity index (χ2v) is 5.70. The molecule has 1 aliphatic carbocycles. The highest BCUT2D eigenvalue weighted by Gasteiger charge is 2.30. The molecule has 0 atom stereocenters.